The molecule has 2 amide bonds. The highest BCUT2D eigenvalue weighted by molar-refractivity contribution is 9.10. The number of amides is 2. The second kappa shape index (κ2) is 19.5. The van der Waals surface area contributed by atoms with E-state index >= 15 is 0 Å². The number of aromatic nitrogens is 2. The Morgan fingerprint density at radius 3 is 2.29 bits per heavy atom. The zero-order valence-electron chi connectivity index (χ0n) is 37.7. The number of hydrogen-bond acceptors (Lipinski definition) is 13. The van der Waals surface area contributed by atoms with Crippen LogP contribution in [0.1, 0.15) is 67.6 Å². The summed E-state index contributed by atoms with van der Waals surface area (Å²) in [6.07, 6.45) is 10.5. The lowest BCUT2D eigenvalue weighted by atomic mass is 9.90. The van der Waals surface area contributed by atoms with Gasteiger partial charge in [0.15, 0.2) is 0 Å². The Kier molecular flexibility index (Phi) is 13.5. The first-order valence-electron chi connectivity index (χ1n) is 23.1. The van der Waals surface area contributed by atoms with Gasteiger partial charge in [0.1, 0.15) is 11.6 Å². The Hall–Kier alpha value is -4.97. The van der Waals surface area contributed by atoms with Crippen molar-refractivity contribution in [1.29, 1.82) is 0 Å². The minimum Gasteiger partial charge on any atom is -0.494 e. The summed E-state index contributed by atoms with van der Waals surface area (Å²) in [6, 6.07) is 19.0. The van der Waals surface area contributed by atoms with Crippen molar-refractivity contribution in [2.75, 3.05) is 104 Å². The van der Waals surface area contributed by atoms with Crippen LogP contribution in [0.3, 0.4) is 0 Å². The van der Waals surface area contributed by atoms with Crippen LogP contribution in [0.25, 0.3) is 0 Å². The van der Waals surface area contributed by atoms with E-state index in [1.807, 2.05) is 18.2 Å². The van der Waals surface area contributed by atoms with Crippen molar-refractivity contribution >= 4 is 78.0 Å². The molecule has 5 aliphatic rings. The molecule has 0 bridgehead atoms. The number of hydrogen-bond donors (Lipinski definition) is 3. The fraction of sp³-hybridized carbons (Fsp3) is 0.500. The summed E-state index contributed by atoms with van der Waals surface area (Å²) in [4.78, 5) is 43.6. The summed E-state index contributed by atoms with van der Waals surface area (Å²) in [5, 5.41) is 9.20. The molecule has 0 saturated carbocycles. The first kappa shape index (κ1) is 45.2. The number of ether oxygens (including phenoxy) is 1. The molecule has 346 valence electrons. The first-order valence-corrected chi connectivity index (χ1v) is 25.8. The number of anilines is 7. The number of aryl methyl sites for hydroxylation is 1. The molecule has 15 nitrogen and oxygen atoms in total. The highest BCUT2D eigenvalue weighted by Gasteiger charge is 2.32. The summed E-state index contributed by atoms with van der Waals surface area (Å²) in [6.45, 7) is 12.4. The second-order valence-corrected chi connectivity index (χ2v) is 21.0. The van der Waals surface area contributed by atoms with E-state index in [0.717, 1.165) is 93.5 Å². The van der Waals surface area contributed by atoms with Gasteiger partial charge in [-0.1, -0.05) is 24.3 Å². The topological polar surface area (TPSA) is 156 Å². The van der Waals surface area contributed by atoms with Crippen molar-refractivity contribution in [3.63, 3.8) is 0 Å². The molecular weight excluding hydrogens is 909 g/mol. The molecule has 0 spiro atoms. The number of benzene rings is 3. The van der Waals surface area contributed by atoms with Crippen LogP contribution >= 0.6 is 15.9 Å². The van der Waals surface area contributed by atoms with Crippen LogP contribution in [0.5, 0.6) is 5.75 Å². The van der Waals surface area contributed by atoms with Gasteiger partial charge in [-0.25, -0.2) is 13.4 Å². The number of nitrogens with one attached hydrogen (secondary N) is 3. The van der Waals surface area contributed by atoms with Crippen molar-refractivity contribution in [2.45, 2.75) is 70.3 Å². The summed E-state index contributed by atoms with van der Waals surface area (Å²) >= 11 is 3.58. The number of carbonyl (C=O) groups is 2. The highest BCUT2D eigenvalue weighted by Crippen LogP contribution is 2.41. The summed E-state index contributed by atoms with van der Waals surface area (Å²) in [5.74, 6) is 1.77. The Labute approximate surface area is 391 Å². The first-order chi connectivity index (χ1) is 31.4. The number of halogens is 1. The number of carbonyl (C=O) groups excluding carboxylic acids is 2. The summed E-state index contributed by atoms with van der Waals surface area (Å²) < 4.78 is 33.2. The fourth-order valence-corrected chi connectivity index (χ4v) is 11.8. The molecule has 4 saturated heterocycles. The van der Waals surface area contributed by atoms with Crippen molar-refractivity contribution in [1.82, 2.24) is 25.1 Å². The van der Waals surface area contributed by atoms with Crippen LogP contribution in [0.15, 0.2) is 65.3 Å². The van der Waals surface area contributed by atoms with Crippen LogP contribution in [0.2, 0.25) is 0 Å². The number of nitrogens with zero attached hydrogens (tertiary/aromatic N) is 7. The molecule has 3 aromatic carbocycles. The number of rotatable bonds is 13. The maximum atomic E-state index is 12.6. The van der Waals surface area contributed by atoms with Crippen LogP contribution in [-0.2, 0) is 26.0 Å². The van der Waals surface area contributed by atoms with Gasteiger partial charge in [-0.05, 0) is 121 Å². The number of piperazine rings is 1. The molecule has 3 N–H and O–H groups in total. The molecular formula is C48H61BrN10O5S. The third-order valence-corrected chi connectivity index (χ3v) is 16.0. The van der Waals surface area contributed by atoms with Crippen molar-refractivity contribution < 1.29 is 22.7 Å². The van der Waals surface area contributed by atoms with Crippen LogP contribution < -0.4 is 34.8 Å². The van der Waals surface area contributed by atoms with Crippen molar-refractivity contribution in [3.05, 3.63) is 82.0 Å². The predicted octanol–water partition coefficient (Wildman–Crippen LogP) is 6.78. The molecule has 6 heterocycles. The van der Waals surface area contributed by atoms with Gasteiger partial charge in [0, 0.05) is 95.0 Å². The third-order valence-electron chi connectivity index (χ3n) is 14.2. The summed E-state index contributed by atoms with van der Waals surface area (Å²) in [5.41, 5.74) is 7.58. The van der Waals surface area contributed by atoms with E-state index in [4.69, 9.17) is 9.72 Å². The van der Waals surface area contributed by atoms with Gasteiger partial charge in [-0.15, -0.1) is 0 Å². The van der Waals surface area contributed by atoms with Crippen LogP contribution in [0.4, 0.5) is 40.2 Å². The lowest BCUT2D eigenvalue weighted by Gasteiger charge is -2.44. The van der Waals surface area contributed by atoms with Gasteiger partial charge in [0.25, 0.3) is 0 Å². The van der Waals surface area contributed by atoms with Crippen molar-refractivity contribution in [2.24, 2.45) is 5.92 Å². The molecule has 4 aromatic rings. The SMILES string of the molecule is COc1cc(N2CCC(N3CCN(CCC4CCN(c5ccc(C6CCC(=O)NC6=O)cc5)CC4)CC3)CC2)c(C)cc1Nc1ncc(Br)c(Nc2cccc3c2N(S(C)(=O)=O)CC3)n1. The van der Waals surface area contributed by atoms with E-state index in [0.29, 0.717) is 65.2 Å². The maximum absolute atomic E-state index is 12.6. The Morgan fingerprint density at radius 2 is 1.58 bits per heavy atom. The largest absolute Gasteiger partial charge is 0.494 e. The molecule has 4 fully saturated rings. The van der Waals surface area contributed by atoms with Crippen LogP contribution in [-0.4, -0.2) is 125 Å². The molecule has 65 heavy (non-hydrogen) atoms. The quantitative estimate of drug-likeness (QED) is 0.121. The predicted molar refractivity (Wildman–Crippen MR) is 261 cm³/mol. The summed E-state index contributed by atoms with van der Waals surface area (Å²) in [7, 11) is -1.75. The number of sulfonamides is 1. The van der Waals surface area contributed by atoms with E-state index in [2.05, 4.69) is 99.8 Å². The van der Waals surface area contributed by atoms with Gasteiger partial charge >= 0.3 is 0 Å². The number of methoxy groups -OCH3 is 1. The molecule has 0 radical (unpaired) electrons. The van der Waals surface area contributed by atoms with Crippen molar-refractivity contribution in [3.8, 4) is 5.75 Å². The smallest absolute Gasteiger partial charge is 0.234 e. The highest BCUT2D eigenvalue weighted by atomic mass is 79.9. The molecule has 5 aliphatic heterocycles. The third kappa shape index (κ3) is 10.2. The van der Waals surface area contributed by atoms with E-state index in [-0.39, 0.29) is 17.7 Å². The van der Waals surface area contributed by atoms with Gasteiger partial charge in [0.05, 0.1) is 40.8 Å². The van der Waals surface area contributed by atoms with Gasteiger partial charge in [0.2, 0.25) is 27.8 Å². The number of imide groups is 1. The minimum atomic E-state index is -3.43. The monoisotopic (exact) mass is 968 g/mol. The van der Waals surface area contributed by atoms with E-state index in [1.54, 1.807) is 13.3 Å². The number of para-hydroxylation sites is 1. The minimum absolute atomic E-state index is 0.172. The second-order valence-electron chi connectivity index (χ2n) is 18.3. The zero-order valence-corrected chi connectivity index (χ0v) is 40.1. The van der Waals surface area contributed by atoms with Crippen LogP contribution in [0, 0.1) is 12.8 Å². The average molecular weight is 970 g/mol. The number of fused-ring (bicyclic) bond motifs is 1. The standard InChI is InChI=1S/C48H61BrN10O5S/c1-32-29-41(52-48-50-31-39(49)46(54-48)51-40-6-4-5-35-16-24-59(45(35)40)65(3,62)63)43(64-2)30-42(32)58-22-17-37(18-23-58)57-27-25-55(26-28-57)19-13-33-14-20-56(21-15-33)36-9-7-34(8-10-36)38-11-12-44(60)53-47(38)61/h4-10,29-31,33,37-38H,11-28H2,1-3H3,(H,53,60,61)(H2,50,51,52,54). The molecule has 1 atom stereocenters. The maximum Gasteiger partial charge on any atom is 0.234 e. The molecule has 1 aromatic heterocycles. The number of piperidine rings is 3. The van der Waals surface area contributed by atoms with Gasteiger partial charge < -0.3 is 30.1 Å². The van der Waals surface area contributed by atoms with Gasteiger partial charge in [-0.2, -0.15) is 4.98 Å². The van der Waals surface area contributed by atoms with Gasteiger partial charge in [-0.3, -0.25) is 24.1 Å². The lowest BCUT2D eigenvalue weighted by molar-refractivity contribution is -0.134. The molecule has 1 unspecified atom stereocenters. The zero-order chi connectivity index (χ0) is 45.2. The Morgan fingerprint density at radius 1 is 0.846 bits per heavy atom. The molecule has 9 rings (SSSR count). The normalized spacial score (nSPS) is 20.5. The molecule has 0 aliphatic carbocycles. The molecule has 17 heteroatoms. The Bertz CT molecular complexity index is 2490. The van der Waals surface area contributed by atoms with E-state index in [9.17, 15) is 18.0 Å². The van der Waals surface area contributed by atoms with E-state index < -0.39 is 10.0 Å². The van der Waals surface area contributed by atoms with E-state index in [1.165, 1.54) is 47.7 Å². The fourth-order valence-electron chi connectivity index (χ4n) is 10.5. The average Bonchev–Trinajstić information content (AvgIpc) is 3.77. The Balaban J connectivity index is 0.726. The lowest BCUT2D eigenvalue weighted by Crippen LogP contribution is -2.53.